The molecule has 0 radical (unpaired) electrons. The molecule has 5 nitrogen and oxygen atoms in total. The Bertz CT molecular complexity index is 369. The van der Waals surface area contributed by atoms with E-state index >= 15 is 0 Å². The number of benzene rings is 1. The number of amides is 1. The predicted octanol–water partition coefficient (Wildman–Crippen LogP) is 1.61. The minimum absolute atomic E-state index is 0.0365. The van der Waals surface area contributed by atoms with Gasteiger partial charge < -0.3 is 5.32 Å². The van der Waals surface area contributed by atoms with Crippen LogP contribution in [0.3, 0.4) is 0 Å². The maximum Gasteiger partial charge on any atom is 0.272 e. The SMILES string of the molecule is Cc1cc([N+](=O)[O-])cc(F)c1NC=O. The molecule has 0 aliphatic rings. The number of nitro groups is 1. The standard InChI is InChI=1S/C8H7FN2O3/c1-5-2-6(11(13)14)3-7(9)8(5)10-4-12/h2-4H,1H3,(H,10,12). The first-order chi connectivity index (χ1) is 6.56. The number of hydrogen-bond donors (Lipinski definition) is 1. The van der Waals surface area contributed by atoms with E-state index in [1.807, 2.05) is 0 Å². The van der Waals surface area contributed by atoms with Crippen LogP contribution in [-0.2, 0) is 4.79 Å². The third-order valence-corrected chi connectivity index (χ3v) is 1.69. The van der Waals surface area contributed by atoms with Crippen LogP contribution in [0.15, 0.2) is 12.1 Å². The summed E-state index contributed by atoms with van der Waals surface area (Å²) in [5, 5.41) is 12.5. The summed E-state index contributed by atoms with van der Waals surface area (Å²) in [6, 6.07) is 1.95. The van der Waals surface area contributed by atoms with E-state index in [4.69, 9.17) is 0 Å². The van der Waals surface area contributed by atoms with Crippen LogP contribution in [0, 0.1) is 22.9 Å². The molecule has 0 atom stereocenters. The van der Waals surface area contributed by atoms with Crippen LogP contribution in [0.25, 0.3) is 0 Å². The molecule has 0 bridgehead atoms. The molecule has 0 fully saturated rings. The van der Waals surface area contributed by atoms with Gasteiger partial charge in [0.25, 0.3) is 5.69 Å². The van der Waals surface area contributed by atoms with Gasteiger partial charge in [-0.1, -0.05) is 0 Å². The van der Waals surface area contributed by atoms with E-state index in [2.05, 4.69) is 5.32 Å². The molecule has 74 valence electrons. The average molecular weight is 198 g/mol. The largest absolute Gasteiger partial charge is 0.326 e. The second kappa shape index (κ2) is 3.82. The number of aryl methyl sites for hydroxylation is 1. The highest BCUT2D eigenvalue weighted by atomic mass is 19.1. The van der Waals surface area contributed by atoms with Crippen LogP contribution in [-0.4, -0.2) is 11.3 Å². The van der Waals surface area contributed by atoms with Gasteiger partial charge in [-0.2, -0.15) is 0 Å². The highest BCUT2D eigenvalue weighted by Gasteiger charge is 2.13. The molecule has 6 heteroatoms. The molecule has 1 aromatic carbocycles. The first-order valence-corrected chi connectivity index (χ1v) is 3.71. The highest BCUT2D eigenvalue weighted by Crippen LogP contribution is 2.24. The fourth-order valence-electron chi connectivity index (χ4n) is 1.07. The second-order valence-electron chi connectivity index (χ2n) is 2.64. The Kier molecular flexibility index (Phi) is 2.76. The first kappa shape index (κ1) is 10.1. The van der Waals surface area contributed by atoms with Crippen molar-refractivity contribution in [3.8, 4) is 0 Å². The van der Waals surface area contributed by atoms with Gasteiger partial charge in [-0.3, -0.25) is 14.9 Å². The highest BCUT2D eigenvalue weighted by molar-refractivity contribution is 5.74. The minimum Gasteiger partial charge on any atom is -0.326 e. The Morgan fingerprint density at radius 2 is 2.21 bits per heavy atom. The number of anilines is 1. The molecule has 0 aliphatic carbocycles. The second-order valence-corrected chi connectivity index (χ2v) is 2.64. The monoisotopic (exact) mass is 198 g/mol. The summed E-state index contributed by atoms with van der Waals surface area (Å²) in [6.45, 7) is 1.47. The summed E-state index contributed by atoms with van der Waals surface area (Å²) in [6.07, 6.45) is 0.317. The van der Waals surface area contributed by atoms with Crippen LogP contribution in [0.5, 0.6) is 0 Å². The number of non-ortho nitro benzene ring substituents is 1. The molecular weight excluding hydrogens is 191 g/mol. The van der Waals surface area contributed by atoms with E-state index < -0.39 is 10.7 Å². The van der Waals surface area contributed by atoms with Gasteiger partial charge in [0.05, 0.1) is 16.7 Å². The predicted molar refractivity (Wildman–Crippen MR) is 47.5 cm³/mol. The average Bonchev–Trinajstić information content (AvgIpc) is 2.10. The van der Waals surface area contributed by atoms with E-state index in [9.17, 15) is 19.3 Å². The van der Waals surface area contributed by atoms with E-state index in [1.54, 1.807) is 0 Å². The molecular formula is C8H7FN2O3. The third kappa shape index (κ3) is 1.85. The maximum atomic E-state index is 13.1. The summed E-state index contributed by atoms with van der Waals surface area (Å²) in [5.74, 6) is -0.816. The lowest BCUT2D eigenvalue weighted by Crippen LogP contribution is -2.01. The minimum atomic E-state index is -0.816. The smallest absolute Gasteiger partial charge is 0.272 e. The van der Waals surface area contributed by atoms with E-state index in [0.29, 0.717) is 12.0 Å². The zero-order valence-corrected chi connectivity index (χ0v) is 7.28. The van der Waals surface area contributed by atoms with Crippen molar-refractivity contribution in [1.29, 1.82) is 0 Å². The lowest BCUT2D eigenvalue weighted by atomic mass is 10.1. The van der Waals surface area contributed by atoms with Crippen molar-refractivity contribution < 1.29 is 14.1 Å². The van der Waals surface area contributed by atoms with Crippen LogP contribution in [0.2, 0.25) is 0 Å². The van der Waals surface area contributed by atoms with Gasteiger partial charge in [-0.15, -0.1) is 0 Å². The van der Waals surface area contributed by atoms with Gasteiger partial charge in [0.1, 0.15) is 0 Å². The number of rotatable bonds is 3. The lowest BCUT2D eigenvalue weighted by molar-refractivity contribution is -0.385. The molecule has 0 saturated carbocycles. The number of nitrogens with one attached hydrogen (secondary N) is 1. The van der Waals surface area contributed by atoms with Crippen molar-refractivity contribution in [2.75, 3.05) is 5.32 Å². The van der Waals surface area contributed by atoms with Gasteiger partial charge >= 0.3 is 0 Å². The van der Waals surface area contributed by atoms with Gasteiger partial charge in [0.15, 0.2) is 5.82 Å². The summed E-state index contributed by atoms with van der Waals surface area (Å²) in [4.78, 5) is 19.7. The number of hydrogen-bond acceptors (Lipinski definition) is 3. The summed E-state index contributed by atoms with van der Waals surface area (Å²) < 4.78 is 13.1. The van der Waals surface area contributed by atoms with Crippen molar-refractivity contribution in [2.24, 2.45) is 0 Å². The third-order valence-electron chi connectivity index (χ3n) is 1.69. The van der Waals surface area contributed by atoms with Crippen LogP contribution in [0.1, 0.15) is 5.56 Å². The number of nitrogens with zero attached hydrogens (tertiary/aromatic N) is 1. The van der Waals surface area contributed by atoms with Gasteiger partial charge in [0.2, 0.25) is 6.41 Å². The number of carbonyl (C=O) groups is 1. The normalized spacial score (nSPS) is 9.57. The molecule has 1 aromatic rings. The Morgan fingerprint density at radius 3 is 2.64 bits per heavy atom. The molecule has 1 amide bonds. The maximum absolute atomic E-state index is 13.1. The van der Waals surface area contributed by atoms with Crippen molar-refractivity contribution >= 4 is 17.8 Å². The molecule has 0 heterocycles. The topological polar surface area (TPSA) is 72.2 Å². The Hall–Kier alpha value is -1.98. The van der Waals surface area contributed by atoms with Gasteiger partial charge in [-0.05, 0) is 12.5 Å². The summed E-state index contributed by atoms with van der Waals surface area (Å²) in [5.41, 5.74) is -0.0640. The summed E-state index contributed by atoms with van der Waals surface area (Å²) in [7, 11) is 0. The van der Waals surface area contributed by atoms with Gasteiger partial charge in [0, 0.05) is 6.07 Å². The molecule has 0 saturated heterocycles. The molecule has 1 N–H and O–H groups in total. The van der Waals surface area contributed by atoms with Crippen molar-refractivity contribution in [1.82, 2.24) is 0 Å². The van der Waals surface area contributed by atoms with Crippen molar-refractivity contribution in [2.45, 2.75) is 6.92 Å². The number of halogens is 1. The Morgan fingerprint density at radius 1 is 1.57 bits per heavy atom. The summed E-state index contributed by atoms with van der Waals surface area (Å²) >= 11 is 0. The Labute approximate surface area is 78.7 Å². The van der Waals surface area contributed by atoms with Crippen LogP contribution in [0.4, 0.5) is 15.8 Å². The first-order valence-electron chi connectivity index (χ1n) is 3.71. The van der Waals surface area contributed by atoms with Crippen molar-refractivity contribution in [3.63, 3.8) is 0 Å². The molecule has 14 heavy (non-hydrogen) atoms. The zero-order chi connectivity index (χ0) is 10.7. The number of carbonyl (C=O) groups excluding carboxylic acids is 1. The van der Waals surface area contributed by atoms with Crippen LogP contribution < -0.4 is 5.32 Å². The lowest BCUT2D eigenvalue weighted by Gasteiger charge is -2.04. The van der Waals surface area contributed by atoms with Gasteiger partial charge in [-0.25, -0.2) is 4.39 Å². The van der Waals surface area contributed by atoms with E-state index in [0.717, 1.165) is 6.07 Å². The molecule has 0 spiro atoms. The molecule has 0 unspecified atom stereocenters. The van der Waals surface area contributed by atoms with E-state index in [-0.39, 0.29) is 11.4 Å². The molecule has 0 aromatic heterocycles. The fourth-order valence-corrected chi connectivity index (χ4v) is 1.07. The molecule has 1 rings (SSSR count). The van der Waals surface area contributed by atoms with Crippen molar-refractivity contribution in [3.05, 3.63) is 33.6 Å². The zero-order valence-electron chi connectivity index (χ0n) is 7.28. The molecule has 0 aliphatic heterocycles. The quantitative estimate of drug-likeness (QED) is 0.455. The fraction of sp³-hybridized carbons (Fsp3) is 0.125. The van der Waals surface area contributed by atoms with Crippen LogP contribution >= 0.6 is 0 Å². The van der Waals surface area contributed by atoms with E-state index in [1.165, 1.54) is 13.0 Å². The Balaban J connectivity index is 3.24. The number of nitro benzene ring substituents is 1.